The average Bonchev–Trinajstić information content (AvgIpc) is 2.80. The Morgan fingerprint density at radius 2 is 2.22 bits per heavy atom. The number of nitrogens with one attached hydrogen (secondary N) is 1. The number of hydrogen-bond donors (Lipinski definition) is 3. The summed E-state index contributed by atoms with van der Waals surface area (Å²) in [5.74, 6) is -1.03. The minimum Gasteiger partial charge on any atom is -0.507 e. The highest BCUT2D eigenvalue weighted by atomic mass is 32.2. The van der Waals surface area contributed by atoms with Gasteiger partial charge in [-0.1, -0.05) is 31.7 Å². The van der Waals surface area contributed by atoms with Gasteiger partial charge in [0.2, 0.25) is 5.91 Å². The molecule has 1 aliphatic rings. The Hall–Kier alpha value is -2.35. The first-order valence-corrected chi connectivity index (χ1v) is 7.88. The van der Waals surface area contributed by atoms with Crippen LogP contribution in [0.3, 0.4) is 0 Å². The number of amides is 1. The van der Waals surface area contributed by atoms with Crippen LogP contribution in [0, 0.1) is 0 Å². The Balaban J connectivity index is 2.08. The van der Waals surface area contributed by atoms with Crippen LogP contribution in [0.15, 0.2) is 28.4 Å². The summed E-state index contributed by atoms with van der Waals surface area (Å²) in [5.41, 5.74) is 1.58. The third kappa shape index (κ3) is 4.56. The number of benzene rings is 1. The minimum atomic E-state index is -1.04. The lowest BCUT2D eigenvalue weighted by Gasteiger charge is -2.06. The first-order valence-electron chi connectivity index (χ1n) is 7.00. The van der Waals surface area contributed by atoms with E-state index >= 15 is 0 Å². The van der Waals surface area contributed by atoms with Gasteiger partial charge in [0.05, 0.1) is 12.6 Å². The molecule has 0 radical (unpaired) electrons. The van der Waals surface area contributed by atoms with Crippen molar-refractivity contribution in [3.63, 3.8) is 0 Å². The molecule has 7 nitrogen and oxygen atoms in total. The molecule has 1 aromatic carbocycles. The maximum absolute atomic E-state index is 11.6. The average molecular weight is 335 g/mol. The predicted molar refractivity (Wildman–Crippen MR) is 89.0 cm³/mol. The fraction of sp³-hybridized carbons (Fsp3) is 0.333. The lowest BCUT2D eigenvalue weighted by Crippen LogP contribution is -2.26. The second-order valence-corrected chi connectivity index (χ2v) is 6.51. The molecule has 0 aromatic heterocycles. The van der Waals surface area contributed by atoms with Crippen LogP contribution >= 0.6 is 11.8 Å². The number of aromatic hydroxyl groups is 1. The Labute approximate surface area is 137 Å². The summed E-state index contributed by atoms with van der Waals surface area (Å²) in [7, 11) is 0. The van der Waals surface area contributed by atoms with Crippen molar-refractivity contribution in [1.29, 1.82) is 0 Å². The number of phenolic OH excluding ortho intramolecular Hbond substituents is 1. The summed E-state index contributed by atoms with van der Waals surface area (Å²) in [5, 5.41) is 28.3. The van der Waals surface area contributed by atoms with Crippen molar-refractivity contribution >= 4 is 35.0 Å². The highest BCUT2D eigenvalue weighted by Gasteiger charge is 2.32. The molecule has 1 unspecified atom stereocenters. The molecule has 8 heteroatoms. The molecule has 23 heavy (non-hydrogen) atoms. The summed E-state index contributed by atoms with van der Waals surface area (Å²) < 4.78 is 0. The molecule has 2 rings (SSSR count). The minimum absolute atomic E-state index is 0.0882. The van der Waals surface area contributed by atoms with Crippen LogP contribution in [0.5, 0.6) is 5.75 Å². The number of carbonyl (C=O) groups is 2. The van der Waals surface area contributed by atoms with Gasteiger partial charge < -0.3 is 15.5 Å². The first kappa shape index (κ1) is 17.0. The van der Waals surface area contributed by atoms with Gasteiger partial charge in [-0.3, -0.25) is 9.59 Å². The van der Waals surface area contributed by atoms with Crippen molar-refractivity contribution in [2.75, 3.05) is 0 Å². The van der Waals surface area contributed by atoms with Crippen LogP contribution in [0.2, 0.25) is 0 Å². The van der Waals surface area contributed by atoms with Gasteiger partial charge >= 0.3 is 5.97 Å². The van der Waals surface area contributed by atoms with Crippen molar-refractivity contribution in [1.82, 2.24) is 5.32 Å². The van der Waals surface area contributed by atoms with E-state index in [1.54, 1.807) is 6.07 Å². The molecule has 1 atom stereocenters. The molecule has 0 bridgehead atoms. The number of nitrogens with zero attached hydrogens (tertiary/aromatic N) is 2. The third-order valence-corrected chi connectivity index (χ3v) is 4.27. The van der Waals surface area contributed by atoms with Crippen molar-refractivity contribution in [3.8, 4) is 5.75 Å². The van der Waals surface area contributed by atoms with E-state index in [0.29, 0.717) is 11.5 Å². The Bertz CT molecular complexity index is 685. The van der Waals surface area contributed by atoms with Crippen LogP contribution in [-0.2, 0) is 9.59 Å². The van der Waals surface area contributed by atoms with Crippen LogP contribution in [0.25, 0.3) is 0 Å². The van der Waals surface area contributed by atoms with Gasteiger partial charge in [-0.05, 0) is 23.6 Å². The monoisotopic (exact) mass is 335 g/mol. The van der Waals surface area contributed by atoms with E-state index in [9.17, 15) is 14.7 Å². The lowest BCUT2D eigenvalue weighted by atomic mass is 10.0. The van der Waals surface area contributed by atoms with Gasteiger partial charge in [-0.15, -0.1) is 5.10 Å². The fourth-order valence-electron chi connectivity index (χ4n) is 1.92. The Morgan fingerprint density at radius 3 is 2.87 bits per heavy atom. The topological polar surface area (TPSA) is 111 Å². The van der Waals surface area contributed by atoms with E-state index in [2.05, 4.69) is 15.5 Å². The normalized spacial score (nSPS) is 19.7. The summed E-state index contributed by atoms with van der Waals surface area (Å²) in [4.78, 5) is 22.2. The van der Waals surface area contributed by atoms with Crippen molar-refractivity contribution < 1.29 is 19.8 Å². The van der Waals surface area contributed by atoms with Gasteiger partial charge in [0, 0.05) is 5.56 Å². The van der Waals surface area contributed by atoms with E-state index in [1.807, 2.05) is 26.0 Å². The number of carboxylic acids is 1. The molecular formula is C15H17N3O4S. The maximum Gasteiger partial charge on any atom is 0.305 e. The largest absolute Gasteiger partial charge is 0.507 e. The Kier molecular flexibility index (Phi) is 5.38. The molecular weight excluding hydrogens is 318 g/mol. The molecule has 0 aliphatic carbocycles. The molecule has 1 aliphatic heterocycles. The van der Waals surface area contributed by atoms with Gasteiger partial charge in [0.1, 0.15) is 11.0 Å². The first-order chi connectivity index (χ1) is 10.9. The summed E-state index contributed by atoms with van der Waals surface area (Å²) in [6.07, 6.45) is 1.13. The van der Waals surface area contributed by atoms with E-state index < -0.39 is 17.1 Å². The predicted octanol–water partition coefficient (Wildman–Crippen LogP) is 1.91. The molecule has 1 amide bonds. The number of rotatable bonds is 5. The van der Waals surface area contributed by atoms with Gasteiger partial charge in [0.15, 0.2) is 5.17 Å². The lowest BCUT2D eigenvalue weighted by molar-refractivity contribution is -0.138. The van der Waals surface area contributed by atoms with E-state index in [-0.39, 0.29) is 17.3 Å². The fourth-order valence-corrected chi connectivity index (χ4v) is 2.84. The van der Waals surface area contributed by atoms with Crippen LogP contribution in [-0.4, -0.2) is 38.7 Å². The second kappa shape index (κ2) is 7.28. The van der Waals surface area contributed by atoms with E-state index in [1.165, 1.54) is 6.21 Å². The highest BCUT2D eigenvalue weighted by Crippen LogP contribution is 2.23. The number of phenols is 1. The van der Waals surface area contributed by atoms with Crippen molar-refractivity contribution in [3.05, 3.63) is 29.3 Å². The summed E-state index contributed by atoms with van der Waals surface area (Å²) >= 11 is 1.03. The molecule has 1 saturated heterocycles. The van der Waals surface area contributed by atoms with Crippen LogP contribution < -0.4 is 5.32 Å². The summed E-state index contributed by atoms with van der Waals surface area (Å²) in [6, 6.07) is 5.25. The third-order valence-electron chi connectivity index (χ3n) is 3.20. The number of aliphatic carboxylic acids is 1. The zero-order valence-electron chi connectivity index (χ0n) is 12.7. The standard InChI is InChI=1S/C15H17N3O4S/c1-8(2)9-3-4-11(19)10(5-9)7-16-18-15-17-14(22)12(23-15)6-13(20)21/h3-5,7-8,12,19H,6H2,1-2H3,(H,20,21)(H,17,18,22). The number of carboxylic acid groups (broad SMARTS) is 1. The second-order valence-electron chi connectivity index (χ2n) is 5.32. The van der Waals surface area contributed by atoms with Crippen LogP contribution in [0.4, 0.5) is 0 Å². The van der Waals surface area contributed by atoms with Crippen LogP contribution in [0.1, 0.15) is 37.3 Å². The molecule has 1 heterocycles. The molecule has 0 saturated carbocycles. The van der Waals surface area contributed by atoms with Crippen molar-refractivity contribution in [2.24, 2.45) is 10.2 Å². The number of carbonyl (C=O) groups excluding carboxylic acids is 1. The number of hydrogen-bond acceptors (Lipinski definition) is 6. The molecule has 3 N–H and O–H groups in total. The molecule has 1 fully saturated rings. The van der Waals surface area contributed by atoms with Gasteiger partial charge in [-0.2, -0.15) is 5.10 Å². The smallest absolute Gasteiger partial charge is 0.305 e. The quantitative estimate of drug-likeness (QED) is 0.562. The number of amidine groups is 1. The molecule has 1 aromatic rings. The highest BCUT2D eigenvalue weighted by molar-refractivity contribution is 8.15. The molecule has 0 spiro atoms. The number of thioether (sulfide) groups is 1. The zero-order chi connectivity index (χ0) is 17.0. The van der Waals surface area contributed by atoms with E-state index in [0.717, 1.165) is 17.3 Å². The van der Waals surface area contributed by atoms with E-state index in [4.69, 9.17) is 5.11 Å². The maximum atomic E-state index is 11.6. The van der Waals surface area contributed by atoms with Gasteiger partial charge in [0.25, 0.3) is 0 Å². The summed E-state index contributed by atoms with van der Waals surface area (Å²) in [6.45, 7) is 4.08. The van der Waals surface area contributed by atoms with Crippen molar-refractivity contribution in [2.45, 2.75) is 31.4 Å². The zero-order valence-corrected chi connectivity index (χ0v) is 13.5. The molecule has 122 valence electrons. The Morgan fingerprint density at radius 1 is 1.48 bits per heavy atom. The SMILES string of the molecule is CC(C)c1ccc(O)c(C=NN=C2NC(=O)C(CC(=O)O)S2)c1. The van der Waals surface area contributed by atoms with Gasteiger partial charge in [-0.25, -0.2) is 0 Å².